The molecule has 4 heteroatoms. The number of benzene rings is 2. The lowest BCUT2D eigenvalue weighted by Crippen LogP contribution is -2.26. The summed E-state index contributed by atoms with van der Waals surface area (Å²) in [5, 5.41) is 6.16. The van der Waals surface area contributed by atoms with Crippen molar-refractivity contribution >= 4 is 28.5 Å². The van der Waals surface area contributed by atoms with E-state index >= 15 is 0 Å². The molecule has 0 bridgehead atoms. The summed E-state index contributed by atoms with van der Waals surface area (Å²) in [5.74, 6) is 0.818. The van der Waals surface area contributed by atoms with Crippen LogP contribution in [-0.4, -0.2) is 19.0 Å². The largest absolute Gasteiger partial charge is 0.371 e. The van der Waals surface area contributed by atoms with Gasteiger partial charge in [0.1, 0.15) is 0 Å². The normalized spacial score (nSPS) is 17.1. The van der Waals surface area contributed by atoms with Gasteiger partial charge in [-0.05, 0) is 55.5 Å². The van der Waals surface area contributed by atoms with Crippen LogP contribution in [-0.2, 0) is 4.79 Å². The molecule has 1 fully saturated rings. The van der Waals surface area contributed by atoms with Crippen LogP contribution >= 0.6 is 0 Å². The van der Waals surface area contributed by atoms with Crippen LogP contribution in [0.2, 0.25) is 0 Å². The Labute approximate surface area is 154 Å². The minimum Gasteiger partial charge on any atom is -0.371 e. The molecule has 0 radical (unpaired) electrons. The van der Waals surface area contributed by atoms with Crippen LogP contribution in [0.25, 0.3) is 5.57 Å². The number of carbonyl (C=O) groups is 1. The summed E-state index contributed by atoms with van der Waals surface area (Å²) in [6, 6.07) is 16.3. The van der Waals surface area contributed by atoms with Crippen molar-refractivity contribution in [1.29, 1.82) is 0 Å². The fourth-order valence-electron chi connectivity index (χ4n) is 3.41. The lowest BCUT2D eigenvalue weighted by atomic mass is 10.1. The average molecular weight is 347 g/mol. The van der Waals surface area contributed by atoms with Gasteiger partial charge in [0.25, 0.3) is 5.91 Å². The average Bonchev–Trinajstić information content (AvgIpc) is 3.41. The van der Waals surface area contributed by atoms with E-state index < -0.39 is 0 Å². The first-order valence-electron chi connectivity index (χ1n) is 9.47. The molecule has 0 spiro atoms. The third-order valence-corrected chi connectivity index (χ3v) is 4.99. The minimum atomic E-state index is -0.0612. The second-order valence-corrected chi connectivity index (χ2v) is 7.14. The molecule has 2 N–H and O–H groups in total. The Bertz CT molecular complexity index is 822. The number of hydrogen-bond acceptors (Lipinski definition) is 3. The highest BCUT2D eigenvalue weighted by molar-refractivity contribution is 6.31. The van der Waals surface area contributed by atoms with E-state index in [9.17, 15) is 4.79 Å². The van der Waals surface area contributed by atoms with Gasteiger partial charge in [-0.1, -0.05) is 25.1 Å². The number of nitrogens with zero attached hydrogens (tertiary/aromatic N) is 1. The molecule has 1 aliphatic carbocycles. The van der Waals surface area contributed by atoms with Gasteiger partial charge in [0.05, 0.1) is 5.57 Å². The maximum atomic E-state index is 12.2. The van der Waals surface area contributed by atoms with E-state index in [0.29, 0.717) is 5.57 Å². The Balaban J connectivity index is 1.46. The lowest BCUT2D eigenvalue weighted by Gasteiger charge is -2.24. The van der Waals surface area contributed by atoms with Crippen molar-refractivity contribution in [2.24, 2.45) is 5.92 Å². The number of anilines is 3. The van der Waals surface area contributed by atoms with E-state index in [1.54, 1.807) is 6.20 Å². The molecular weight excluding hydrogens is 322 g/mol. The third-order valence-electron chi connectivity index (χ3n) is 4.99. The van der Waals surface area contributed by atoms with Gasteiger partial charge in [-0.25, -0.2) is 0 Å². The van der Waals surface area contributed by atoms with Crippen molar-refractivity contribution < 1.29 is 4.79 Å². The first-order valence-corrected chi connectivity index (χ1v) is 9.47. The van der Waals surface area contributed by atoms with E-state index in [2.05, 4.69) is 46.7 Å². The number of fused-ring (bicyclic) bond motifs is 1. The molecule has 1 amide bonds. The Morgan fingerprint density at radius 1 is 1.15 bits per heavy atom. The first kappa shape index (κ1) is 16.7. The van der Waals surface area contributed by atoms with Crippen molar-refractivity contribution in [3.8, 4) is 0 Å². The Morgan fingerprint density at radius 3 is 2.65 bits per heavy atom. The molecule has 4 nitrogen and oxygen atoms in total. The van der Waals surface area contributed by atoms with Crippen LogP contribution in [0, 0.1) is 5.92 Å². The monoisotopic (exact) mass is 347 g/mol. The molecule has 1 heterocycles. The molecule has 0 atom stereocenters. The molecule has 26 heavy (non-hydrogen) atoms. The van der Waals surface area contributed by atoms with Crippen molar-refractivity contribution in [2.45, 2.75) is 26.2 Å². The third kappa shape index (κ3) is 3.59. The highest BCUT2D eigenvalue weighted by atomic mass is 16.2. The number of amides is 1. The summed E-state index contributed by atoms with van der Waals surface area (Å²) in [5.41, 5.74) is 4.75. The van der Waals surface area contributed by atoms with E-state index in [1.807, 2.05) is 24.3 Å². The van der Waals surface area contributed by atoms with E-state index in [4.69, 9.17) is 0 Å². The Morgan fingerprint density at radius 2 is 1.92 bits per heavy atom. The fourth-order valence-corrected chi connectivity index (χ4v) is 3.41. The summed E-state index contributed by atoms with van der Waals surface area (Å²) in [7, 11) is 0. The summed E-state index contributed by atoms with van der Waals surface area (Å²) in [6.45, 7) is 4.50. The zero-order chi connectivity index (χ0) is 17.9. The number of carbonyl (C=O) groups excluding carboxylic acids is 1. The highest BCUT2D eigenvalue weighted by Crippen LogP contribution is 2.33. The summed E-state index contributed by atoms with van der Waals surface area (Å²) >= 11 is 0. The standard InChI is InChI=1S/C22H25N3O/c1-2-13-25(15-16-7-8-16)18-11-9-17(10-12-18)23-14-20-19-5-3-4-6-21(19)24-22(20)26/h3-6,9-12,14,16,23H,2,7-8,13,15H2,1H3,(H,24,26). The minimum absolute atomic E-state index is 0.0612. The van der Waals surface area contributed by atoms with Gasteiger partial charge in [0, 0.05) is 41.9 Å². The van der Waals surface area contributed by atoms with Crippen LogP contribution in [0.4, 0.5) is 17.1 Å². The molecule has 2 aromatic carbocycles. The zero-order valence-electron chi connectivity index (χ0n) is 15.2. The van der Waals surface area contributed by atoms with Crippen LogP contribution in [0.15, 0.2) is 54.7 Å². The number of rotatable bonds is 7. The van der Waals surface area contributed by atoms with Crippen LogP contribution < -0.4 is 15.5 Å². The topological polar surface area (TPSA) is 44.4 Å². The molecule has 4 rings (SSSR count). The van der Waals surface area contributed by atoms with Crippen molar-refractivity contribution in [3.63, 3.8) is 0 Å². The van der Waals surface area contributed by atoms with Crippen molar-refractivity contribution in [3.05, 3.63) is 60.3 Å². The molecule has 134 valence electrons. The molecule has 2 aliphatic rings. The molecule has 0 aromatic heterocycles. The summed E-state index contributed by atoms with van der Waals surface area (Å²) in [6.07, 6.45) is 5.70. The fraction of sp³-hybridized carbons (Fsp3) is 0.318. The Kier molecular flexibility index (Phi) is 4.65. The van der Waals surface area contributed by atoms with E-state index in [1.165, 1.54) is 25.1 Å². The Hall–Kier alpha value is -2.75. The zero-order valence-corrected chi connectivity index (χ0v) is 15.2. The van der Waals surface area contributed by atoms with Gasteiger partial charge < -0.3 is 15.5 Å². The maximum Gasteiger partial charge on any atom is 0.257 e. The smallest absolute Gasteiger partial charge is 0.257 e. The van der Waals surface area contributed by atoms with Crippen LogP contribution in [0.5, 0.6) is 0 Å². The predicted octanol–water partition coefficient (Wildman–Crippen LogP) is 4.72. The second-order valence-electron chi connectivity index (χ2n) is 7.14. The van der Waals surface area contributed by atoms with Gasteiger partial charge >= 0.3 is 0 Å². The molecule has 1 saturated carbocycles. The highest BCUT2D eigenvalue weighted by Gasteiger charge is 2.24. The van der Waals surface area contributed by atoms with E-state index in [-0.39, 0.29) is 5.91 Å². The first-order chi connectivity index (χ1) is 12.7. The molecule has 1 aliphatic heterocycles. The lowest BCUT2D eigenvalue weighted by molar-refractivity contribution is -0.110. The summed E-state index contributed by atoms with van der Waals surface area (Å²) < 4.78 is 0. The molecule has 2 aromatic rings. The molecular formula is C22H25N3O. The van der Waals surface area contributed by atoms with Crippen molar-refractivity contribution in [1.82, 2.24) is 0 Å². The second kappa shape index (κ2) is 7.24. The van der Waals surface area contributed by atoms with E-state index in [0.717, 1.165) is 35.8 Å². The quantitative estimate of drug-likeness (QED) is 0.713. The number of nitrogens with one attached hydrogen (secondary N) is 2. The van der Waals surface area contributed by atoms with Gasteiger partial charge in [-0.15, -0.1) is 0 Å². The maximum absolute atomic E-state index is 12.2. The van der Waals surface area contributed by atoms with Crippen LogP contribution in [0.1, 0.15) is 31.7 Å². The van der Waals surface area contributed by atoms with Gasteiger partial charge in [0.15, 0.2) is 0 Å². The molecule has 0 unspecified atom stereocenters. The number of para-hydroxylation sites is 1. The number of hydrogen-bond donors (Lipinski definition) is 2. The van der Waals surface area contributed by atoms with Crippen LogP contribution in [0.3, 0.4) is 0 Å². The SMILES string of the molecule is CCCN(CC1CC1)c1ccc(NC=C2C(=O)Nc3ccccc32)cc1. The van der Waals surface area contributed by atoms with Gasteiger partial charge in [-0.2, -0.15) is 0 Å². The van der Waals surface area contributed by atoms with Gasteiger partial charge in [-0.3, -0.25) is 4.79 Å². The molecule has 0 saturated heterocycles. The van der Waals surface area contributed by atoms with Crippen molar-refractivity contribution in [2.75, 3.05) is 28.6 Å². The summed E-state index contributed by atoms with van der Waals surface area (Å²) in [4.78, 5) is 14.6. The predicted molar refractivity (Wildman–Crippen MR) is 108 cm³/mol. The van der Waals surface area contributed by atoms with Gasteiger partial charge in [0.2, 0.25) is 0 Å².